The fourth-order valence-electron chi connectivity index (χ4n) is 4.05. The van der Waals surface area contributed by atoms with Gasteiger partial charge >= 0.3 is 0 Å². The summed E-state index contributed by atoms with van der Waals surface area (Å²) in [6.07, 6.45) is 2.11. The molecule has 1 saturated carbocycles. The Labute approximate surface area is 176 Å². The molecular formula is C23H20F3N3S. The average Bonchev–Trinajstić information content (AvgIpc) is 3.31. The Morgan fingerprint density at radius 1 is 1.07 bits per heavy atom. The second kappa shape index (κ2) is 7.47. The van der Waals surface area contributed by atoms with Gasteiger partial charge in [-0.1, -0.05) is 36.4 Å². The van der Waals surface area contributed by atoms with Crippen molar-refractivity contribution in [3.05, 3.63) is 66.1 Å². The maximum Gasteiger partial charge on any atom is 0.248 e. The Kier molecular flexibility index (Phi) is 4.77. The lowest BCUT2D eigenvalue weighted by Gasteiger charge is -2.28. The first-order valence-electron chi connectivity index (χ1n) is 9.96. The van der Waals surface area contributed by atoms with Gasteiger partial charge in [-0.2, -0.15) is 0 Å². The monoisotopic (exact) mass is 427 g/mol. The van der Waals surface area contributed by atoms with Crippen LogP contribution in [0.2, 0.25) is 0 Å². The highest BCUT2D eigenvalue weighted by Gasteiger charge is 2.36. The fraction of sp³-hybridized carbons (Fsp3) is 0.261. The summed E-state index contributed by atoms with van der Waals surface area (Å²) < 4.78 is 42.5. The molecule has 1 aliphatic carbocycles. The second-order valence-corrected chi connectivity index (χ2v) is 8.76. The van der Waals surface area contributed by atoms with Gasteiger partial charge in [0.1, 0.15) is 10.8 Å². The Morgan fingerprint density at radius 3 is 2.57 bits per heavy atom. The molecule has 2 heterocycles. The number of halogens is 3. The molecule has 0 amide bonds. The van der Waals surface area contributed by atoms with Crippen molar-refractivity contribution in [2.75, 3.05) is 5.32 Å². The first-order valence-corrected chi connectivity index (χ1v) is 10.8. The van der Waals surface area contributed by atoms with Crippen LogP contribution in [0.5, 0.6) is 0 Å². The average molecular weight is 427 g/mol. The molecule has 2 aromatic heterocycles. The number of H-pyrrole nitrogens is 1. The van der Waals surface area contributed by atoms with Crippen LogP contribution in [0.3, 0.4) is 0 Å². The smallest absolute Gasteiger partial charge is 0.248 e. The molecule has 0 radical (unpaired) electrons. The van der Waals surface area contributed by atoms with Gasteiger partial charge < -0.3 is 10.3 Å². The lowest BCUT2D eigenvalue weighted by Crippen LogP contribution is -2.24. The van der Waals surface area contributed by atoms with Gasteiger partial charge in [-0.3, -0.25) is 0 Å². The minimum absolute atomic E-state index is 0.146. The Balaban J connectivity index is 1.36. The lowest BCUT2D eigenvalue weighted by molar-refractivity contribution is -0.0384. The maximum atomic E-state index is 14.8. The van der Waals surface area contributed by atoms with Gasteiger partial charge in [0.2, 0.25) is 5.92 Å². The van der Waals surface area contributed by atoms with Gasteiger partial charge in [0.25, 0.3) is 0 Å². The molecule has 0 saturated heterocycles. The van der Waals surface area contributed by atoms with Crippen LogP contribution >= 0.6 is 11.3 Å². The normalized spacial score (nSPS) is 16.8. The van der Waals surface area contributed by atoms with Gasteiger partial charge in [-0.15, -0.1) is 11.3 Å². The Bertz CT molecular complexity index is 1170. The highest BCUT2D eigenvalue weighted by molar-refractivity contribution is 7.22. The maximum absolute atomic E-state index is 14.8. The summed E-state index contributed by atoms with van der Waals surface area (Å²) in [6.45, 7) is 0. The summed E-state index contributed by atoms with van der Waals surface area (Å²) in [7, 11) is 0. The first-order chi connectivity index (χ1) is 14.5. The van der Waals surface area contributed by atoms with Crippen molar-refractivity contribution < 1.29 is 13.2 Å². The van der Waals surface area contributed by atoms with Gasteiger partial charge in [-0.25, -0.2) is 18.2 Å². The molecule has 0 spiro atoms. The van der Waals surface area contributed by atoms with E-state index in [4.69, 9.17) is 0 Å². The van der Waals surface area contributed by atoms with Crippen LogP contribution in [0.25, 0.3) is 20.9 Å². The quantitative estimate of drug-likeness (QED) is 0.355. The first kappa shape index (κ1) is 19.2. The molecule has 4 aromatic rings. The molecule has 0 atom stereocenters. The van der Waals surface area contributed by atoms with E-state index in [0.29, 0.717) is 24.1 Å². The molecule has 5 rings (SSSR count). The number of fused-ring (bicyclic) bond motifs is 1. The van der Waals surface area contributed by atoms with E-state index in [1.54, 1.807) is 17.4 Å². The molecule has 0 bridgehead atoms. The zero-order valence-corrected chi connectivity index (χ0v) is 16.9. The zero-order chi connectivity index (χ0) is 20.7. The van der Waals surface area contributed by atoms with Crippen molar-refractivity contribution in [1.82, 2.24) is 9.97 Å². The molecule has 154 valence electrons. The molecule has 30 heavy (non-hydrogen) atoms. The van der Waals surface area contributed by atoms with Crippen molar-refractivity contribution in [2.45, 2.75) is 37.5 Å². The number of anilines is 2. The van der Waals surface area contributed by atoms with E-state index in [2.05, 4.69) is 15.3 Å². The van der Waals surface area contributed by atoms with Crippen LogP contribution in [-0.2, 0) is 0 Å². The van der Waals surface area contributed by atoms with Crippen molar-refractivity contribution in [1.29, 1.82) is 0 Å². The molecule has 0 unspecified atom stereocenters. The van der Waals surface area contributed by atoms with Crippen molar-refractivity contribution in [3.63, 3.8) is 0 Å². The van der Waals surface area contributed by atoms with E-state index in [1.165, 1.54) is 6.07 Å². The summed E-state index contributed by atoms with van der Waals surface area (Å²) in [5, 5.41) is 4.17. The number of aromatic amines is 1. The van der Waals surface area contributed by atoms with Crippen LogP contribution in [0, 0.1) is 5.82 Å². The SMILES string of the molecule is Fc1cc(Nc2c[nH]c3nc(-c4ccccc4)sc23)ccc1C1CCC(F)(F)CC1. The van der Waals surface area contributed by atoms with Gasteiger partial charge in [0, 0.05) is 30.3 Å². The molecular weight excluding hydrogens is 407 g/mol. The predicted octanol–water partition coefficient (Wildman–Crippen LogP) is 7.47. The van der Waals surface area contributed by atoms with Gasteiger partial charge in [0.05, 0.1) is 10.4 Å². The molecule has 7 heteroatoms. The van der Waals surface area contributed by atoms with Gasteiger partial charge in [-0.05, 0) is 36.5 Å². The number of thiazole rings is 1. The largest absolute Gasteiger partial charge is 0.353 e. The van der Waals surface area contributed by atoms with Crippen LogP contribution in [0.15, 0.2) is 54.7 Å². The summed E-state index contributed by atoms with van der Waals surface area (Å²) in [4.78, 5) is 7.79. The van der Waals surface area contributed by atoms with Crippen LogP contribution < -0.4 is 5.32 Å². The zero-order valence-electron chi connectivity index (χ0n) is 16.1. The number of nitrogens with zero attached hydrogens (tertiary/aromatic N) is 1. The van der Waals surface area contributed by atoms with Crippen LogP contribution in [0.4, 0.5) is 24.5 Å². The summed E-state index contributed by atoms with van der Waals surface area (Å²) >= 11 is 1.56. The molecule has 1 aliphatic rings. The van der Waals surface area contributed by atoms with E-state index >= 15 is 0 Å². The number of nitrogens with one attached hydrogen (secondary N) is 2. The van der Waals surface area contributed by atoms with Crippen molar-refractivity contribution >= 4 is 33.1 Å². The Morgan fingerprint density at radius 2 is 1.83 bits per heavy atom. The molecule has 0 aliphatic heterocycles. The van der Waals surface area contributed by atoms with Crippen molar-refractivity contribution in [3.8, 4) is 10.6 Å². The number of hydrogen-bond donors (Lipinski definition) is 2. The number of hydrogen-bond acceptors (Lipinski definition) is 3. The van der Waals surface area contributed by atoms with Gasteiger partial charge in [0.15, 0.2) is 5.65 Å². The Hall–Kier alpha value is -2.80. The van der Waals surface area contributed by atoms with E-state index < -0.39 is 5.92 Å². The third-order valence-electron chi connectivity index (χ3n) is 5.68. The molecule has 1 fully saturated rings. The highest BCUT2D eigenvalue weighted by atomic mass is 32.1. The van der Waals surface area contributed by atoms with Crippen molar-refractivity contribution in [2.24, 2.45) is 0 Å². The third-order valence-corrected chi connectivity index (χ3v) is 6.82. The standard InChI is InChI=1S/C23H20F3N3S/c24-18-12-16(6-7-17(18)14-8-10-23(25,26)11-9-14)28-19-13-27-21-20(19)30-22(29-21)15-4-2-1-3-5-15/h1-7,12-14,27-28H,8-11H2. The minimum atomic E-state index is -2.61. The molecule has 2 N–H and O–H groups in total. The number of aromatic nitrogens is 2. The predicted molar refractivity (Wildman–Crippen MR) is 115 cm³/mol. The summed E-state index contributed by atoms with van der Waals surface area (Å²) in [6, 6.07) is 14.9. The highest BCUT2D eigenvalue weighted by Crippen LogP contribution is 2.42. The topological polar surface area (TPSA) is 40.7 Å². The van der Waals surface area contributed by atoms with E-state index in [1.807, 2.05) is 42.6 Å². The summed E-state index contributed by atoms with van der Waals surface area (Å²) in [5.74, 6) is -3.11. The number of benzene rings is 2. The van der Waals surface area contributed by atoms with E-state index in [0.717, 1.165) is 26.6 Å². The second-order valence-electron chi connectivity index (χ2n) is 7.76. The molecule has 3 nitrogen and oxygen atoms in total. The summed E-state index contributed by atoms with van der Waals surface area (Å²) in [5.41, 5.74) is 3.80. The minimum Gasteiger partial charge on any atom is -0.353 e. The lowest BCUT2D eigenvalue weighted by atomic mass is 9.82. The molecule has 2 aromatic carbocycles. The fourth-order valence-corrected chi connectivity index (χ4v) is 5.05. The third kappa shape index (κ3) is 3.69. The van der Waals surface area contributed by atoms with E-state index in [-0.39, 0.29) is 24.6 Å². The van der Waals surface area contributed by atoms with Crippen LogP contribution in [-0.4, -0.2) is 15.9 Å². The number of rotatable bonds is 4. The van der Waals surface area contributed by atoms with E-state index in [9.17, 15) is 13.2 Å². The van der Waals surface area contributed by atoms with Crippen LogP contribution in [0.1, 0.15) is 37.2 Å². The number of alkyl halides is 2.